The second kappa shape index (κ2) is 6.43. The van der Waals surface area contributed by atoms with Gasteiger partial charge in [-0.25, -0.2) is 4.98 Å². The summed E-state index contributed by atoms with van der Waals surface area (Å²) in [5, 5.41) is 8.37. The molecule has 3 aromatic rings. The van der Waals surface area contributed by atoms with Crippen LogP contribution in [0.15, 0.2) is 46.9 Å². The van der Waals surface area contributed by atoms with Gasteiger partial charge in [0.25, 0.3) is 0 Å². The van der Waals surface area contributed by atoms with E-state index in [4.69, 9.17) is 4.42 Å². The summed E-state index contributed by atoms with van der Waals surface area (Å²) < 4.78 is 42.6. The van der Waals surface area contributed by atoms with Crippen LogP contribution in [0.5, 0.6) is 0 Å². The number of amides is 1. The standard InChI is InChI=1S/C19H17F3N4O2/c1-18(8-9-23-17(27)19(20,21)22)25-12-7-6-11(10-14(12)26-18)16-24-13-4-2-3-5-15(13)28-16/h2-7,10,25-26H,8-9H2,1H3,(H,23,27). The maximum atomic E-state index is 12.3. The van der Waals surface area contributed by atoms with E-state index in [2.05, 4.69) is 15.6 Å². The number of alkyl halides is 3. The second-order valence-electron chi connectivity index (χ2n) is 6.83. The monoisotopic (exact) mass is 390 g/mol. The predicted octanol–water partition coefficient (Wildman–Crippen LogP) is 4.12. The number of nitrogens with one attached hydrogen (secondary N) is 3. The van der Waals surface area contributed by atoms with Gasteiger partial charge in [-0.2, -0.15) is 13.2 Å². The highest BCUT2D eigenvalue weighted by Crippen LogP contribution is 2.38. The number of rotatable bonds is 4. The molecule has 0 saturated heterocycles. The van der Waals surface area contributed by atoms with Crippen LogP contribution in [0.3, 0.4) is 0 Å². The fourth-order valence-corrected chi connectivity index (χ4v) is 3.16. The summed E-state index contributed by atoms with van der Waals surface area (Å²) in [7, 11) is 0. The molecule has 146 valence electrons. The summed E-state index contributed by atoms with van der Waals surface area (Å²) in [6, 6.07) is 13.0. The molecular formula is C19H17F3N4O2. The van der Waals surface area contributed by atoms with E-state index in [0.717, 1.165) is 22.5 Å². The third-order valence-corrected chi connectivity index (χ3v) is 4.55. The van der Waals surface area contributed by atoms with Crippen molar-refractivity contribution >= 4 is 28.4 Å². The summed E-state index contributed by atoms with van der Waals surface area (Å²) in [6.45, 7) is 1.69. The molecule has 2 heterocycles. The highest BCUT2D eigenvalue weighted by atomic mass is 19.4. The summed E-state index contributed by atoms with van der Waals surface area (Å²) >= 11 is 0. The number of benzene rings is 2. The minimum Gasteiger partial charge on any atom is -0.436 e. The largest absolute Gasteiger partial charge is 0.471 e. The van der Waals surface area contributed by atoms with E-state index in [0.29, 0.717) is 11.5 Å². The van der Waals surface area contributed by atoms with Crippen molar-refractivity contribution in [1.82, 2.24) is 10.3 Å². The molecule has 0 bridgehead atoms. The highest BCUT2D eigenvalue weighted by Gasteiger charge is 2.39. The Balaban J connectivity index is 1.47. The Morgan fingerprint density at radius 1 is 1.18 bits per heavy atom. The van der Waals surface area contributed by atoms with E-state index in [9.17, 15) is 18.0 Å². The van der Waals surface area contributed by atoms with E-state index < -0.39 is 17.7 Å². The number of oxazole rings is 1. The van der Waals surface area contributed by atoms with Gasteiger partial charge in [0.1, 0.15) is 11.2 Å². The van der Waals surface area contributed by atoms with Gasteiger partial charge in [0.05, 0.1) is 11.4 Å². The smallest absolute Gasteiger partial charge is 0.436 e. The van der Waals surface area contributed by atoms with Crippen molar-refractivity contribution in [2.75, 3.05) is 17.2 Å². The minimum atomic E-state index is -4.88. The molecule has 0 saturated carbocycles. The normalized spacial score (nSPS) is 18.4. The van der Waals surface area contributed by atoms with Crippen LogP contribution in [-0.2, 0) is 4.79 Å². The number of halogens is 3. The Labute approximate surface area is 158 Å². The molecule has 1 unspecified atom stereocenters. The first-order valence-electron chi connectivity index (χ1n) is 8.65. The molecule has 1 amide bonds. The fraction of sp³-hybridized carbons (Fsp3) is 0.263. The number of nitrogens with zero attached hydrogens (tertiary/aromatic N) is 1. The predicted molar refractivity (Wildman–Crippen MR) is 98.8 cm³/mol. The molecule has 1 aromatic heterocycles. The van der Waals surface area contributed by atoms with Gasteiger partial charge >= 0.3 is 12.1 Å². The molecule has 1 aliphatic rings. The van der Waals surface area contributed by atoms with Crippen LogP contribution < -0.4 is 16.0 Å². The third kappa shape index (κ3) is 3.47. The number of anilines is 2. The second-order valence-corrected chi connectivity index (χ2v) is 6.83. The zero-order valence-corrected chi connectivity index (χ0v) is 14.9. The van der Waals surface area contributed by atoms with Crippen molar-refractivity contribution in [1.29, 1.82) is 0 Å². The lowest BCUT2D eigenvalue weighted by molar-refractivity contribution is -0.173. The van der Waals surface area contributed by atoms with Crippen LogP contribution in [-0.4, -0.2) is 29.3 Å². The molecule has 0 aliphatic carbocycles. The third-order valence-electron chi connectivity index (χ3n) is 4.55. The van der Waals surface area contributed by atoms with E-state index in [1.54, 1.807) is 0 Å². The average Bonchev–Trinajstić information content (AvgIpc) is 3.20. The molecule has 0 spiro atoms. The van der Waals surface area contributed by atoms with Crippen LogP contribution in [0.1, 0.15) is 13.3 Å². The lowest BCUT2D eigenvalue weighted by Crippen LogP contribution is -2.44. The molecule has 2 aromatic carbocycles. The average molecular weight is 390 g/mol. The number of fused-ring (bicyclic) bond motifs is 2. The van der Waals surface area contributed by atoms with Crippen molar-refractivity contribution in [3.05, 3.63) is 42.5 Å². The molecule has 1 aliphatic heterocycles. The molecule has 3 N–H and O–H groups in total. The maximum absolute atomic E-state index is 12.3. The van der Waals surface area contributed by atoms with Gasteiger partial charge < -0.3 is 20.4 Å². The molecule has 0 radical (unpaired) electrons. The Morgan fingerprint density at radius 2 is 1.93 bits per heavy atom. The molecular weight excluding hydrogens is 373 g/mol. The first-order chi connectivity index (χ1) is 13.2. The molecule has 1 atom stereocenters. The van der Waals surface area contributed by atoms with Crippen LogP contribution >= 0.6 is 0 Å². The van der Waals surface area contributed by atoms with Gasteiger partial charge in [0, 0.05) is 18.5 Å². The maximum Gasteiger partial charge on any atom is 0.471 e. The molecule has 0 fully saturated rings. The summed E-state index contributed by atoms with van der Waals surface area (Å²) in [5.41, 5.74) is 3.12. The van der Waals surface area contributed by atoms with Crippen LogP contribution in [0.4, 0.5) is 24.5 Å². The molecule has 9 heteroatoms. The van der Waals surface area contributed by atoms with Crippen molar-refractivity contribution in [3.8, 4) is 11.5 Å². The Morgan fingerprint density at radius 3 is 2.68 bits per heavy atom. The molecule has 6 nitrogen and oxygen atoms in total. The van der Waals surface area contributed by atoms with Crippen LogP contribution in [0.25, 0.3) is 22.6 Å². The lowest BCUT2D eigenvalue weighted by atomic mass is 10.1. The van der Waals surface area contributed by atoms with E-state index in [1.165, 1.54) is 0 Å². The van der Waals surface area contributed by atoms with Crippen molar-refractivity contribution in [3.63, 3.8) is 0 Å². The molecule has 28 heavy (non-hydrogen) atoms. The zero-order chi connectivity index (χ0) is 19.9. The van der Waals surface area contributed by atoms with Gasteiger partial charge in [0.15, 0.2) is 5.58 Å². The van der Waals surface area contributed by atoms with Crippen molar-refractivity contribution in [2.24, 2.45) is 0 Å². The van der Waals surface area contributed by atoms with Gasteiger partial charge in [-0.1, -0.05) is 12.1 Å². The molecule has 4 rings (SSSR count). The minimum absolute atomic E-state index is 0.124. The van der Waals surface area contributed by atoms with E-state index in [1.807, 2.05) is 54.7 Å². The van der Waals surface area contributed by atoms with Crippen molar-refractivity contribution in [2.45, 2.75) is 25.2 Å². The highest BCUT2D eigenvalue weighted by molar-refractivity contribution is 5.83. The van der Waals surface area contributed by atoms with Gasteiger partial charge in [-0.3, -0.25) is 4.79 Å². The van der Waals surface area contributed by atoms with Crippen LogP contribution in [0.2, 0.25) is 0 Å². The van der Waals surface area contributed by atoms with E-state index in [-0.39, 0.29) is 13.0 Å². The van der Waals surface area contributed by atoms with Crippen LogP contribution in [0, 0.1) is 0 Å². The van der Waals surface area contributed by atoms with Gasteiger partial charge in [-0.15, -0.1) is 0 Å². The summed E-state index contributed by atoms with van der Waals surface area (Å²) in [6.07, 6.45) is -4.63. The van der Waals surface area contributed by atoms with Gasteiger partial charge in [-0.05, 0) is 37.3 Å². The summed E-state index contributed by atoms with van der Waals surface area (Å²) in [4.78, 5) is 15.4. The SMILES string of the molecule is CC1(CCNC(=O)C(F)(F)F)Nc2ccc(-c3nc4ccccc4o3)cc2N1. The Bertz CT molecular complexity index is 1010. The van der Waals surface area contributed by atoms with Crippen molar-refractivity contribution < 1.29 is 22.4 Å². The zero-order valence-electron chi connectivity index (χ0n) is 14.9. The summed E-state index contributed by atoms with van der Waals surface area (Å²) in [5.74, 6) is -1.46. The number of hydrogen-bond donors (Lipinski definition) is 3. The quantitative estimate of drug-likeness (QED) is 0.625. The Kier molecular flexibility index (Phi) is 4.17. The van der Waals surface area contributed by atoms with E-state index >= 15 is 0 Å². The first kappa shape index (κ1) is 18.1. The number of hydrogen-bond acceptors (Lipinski definition) is 5. The number of para-hydroxylation sites is 2. The number of carbonyl (C=O) groups is 1. The first-order valence-corrected chi connectivity index (χ1v) is 8.65. The van der Waals surface area contributed by atoms with Gasteiger partial charge in [0.2, 0.25) is 5.89 Å². The lowest BCUT2D eigenvalue weighted by Gasteiger charge is -2.26. The number of aromatic nitrogens is 1. The fourth-order valence-electron chi connectivity index (χ4n) is 3.16. The topological polar surface area (TPSA) is 79.2 Å². The Hall–Kier alpha value is -3.23. The number of carbonyl (C=O) groups excluding carboxylic acids is 1.